The maximum absolute atomic E-state index is 11.3. The highest BCUT2D eigenvalue weighted by Gasteiger charge is 2.42. The van der Waals surface area contributed by atoms with Crippen molar-refractivity contribution in [1.82, 2.24) is 0 Å². The molecule has 1 fully saturated rings. The van der Waals surface area contributed by atoms with Crippen molar-refractivity contribution in [3.8, 4) is 11.5 Å². The summed E-state index contributed by atoms with van der Waals surface area (Å²) in [5.41, 5.74) is -0.804. The van der Waals surface area contributed by atoms with Crippen LogP contribution in [0.5, 0.6) is 11.5 Å². The molecule has 0 saturated carbocycles. The number of hydrogen-bond donors (Lipinski definition) is 1. The standard InChI is InChI=1S/C14H18O5/c1-17-11-4-2-3-5-12(11)19-9-7-14(13(15)16)6-8-18-10-14/h2-5H,6-10H2,1H3,(H,15,16). The predicted octanol–water partition coefficient (Wildman–Crippen LogP) is 1.96. The van der Waals surface area contributed by atoms with Crippen LogP contribution in [0.1, 0.15) is 12.8 Å². The van der Waals surface area contributed by atoms with E-state index in [9.17, 15) is 9.90 Å². The van der Waals surface area contributed by atoms with Gasteiger partial charge in [-0.2, -0.15) is 0 Å². The van der Waals surface area contributed by atoms with Crippen molar-refractivity contribution >= 4 is 5.97 Å². The molecular weight excluding hydrogens is 248 g/mol. The van der Waals surface area contributed by atoms with Gasteiger partial charge in [0.1, 0.15) is 0 Å². The zero-order valence-electron chi connectivity index (χ0n) is 10.9. The fraction of sp³-hybridized carbons (Fsp3) is 0.500. The average molecular weight is 266 g/mol. The van der Waals surface area contributed by atoms with Gasteiger partial charge in [0.15, 0.2) is 11.5 Å². The van der Waals surface area contributed by atoms with Crippen LogP contribution < -0.4 is 9.47 Å². The van der Waals surface area contributed by atoms with Gasteiger partial charge in [-0.15, -0.1) is 0 Å². The van der Waals surface area contributed by atoms with Gasteiger partial charge in [-0.3, -0.25) is 4.79 Å². The van der Waals surface area contributed by atoms with Gasteiger partial charge in [0.2, 0.25) is 0 Å². The van der Waals surface area contributed by atoms with Crippen LogP contribution in [0.4, 0.5) is 0 Å². The third kappa shape index (κ3) is 2.98. The molecule has 0 radical (unpaired) electrons. The maximum Gasteiger partial charge on any atom is 0.312 e. The molecule has 1 aromatic carbocycles. The third-order valence-electron chi connectivity index (χ3n) is 3.46. The smallest absolute Gasteiger partial charge is 0.312 e. The van der Waals surface area contributed by atoms with Gasteiger partial charge in [-0.25, -0.2) is 0 Å². The summed E-state index contributed by atoms with van der Waals surface area (Å²) in [5.74, 6) is 0.465. The van der Waals surface area contributed by atoms with Gasteiger partial charge in [-0.1, -0.05) is 12.1 Å². The molecule has 0 spiro atoms. The Morgan fingerprint density at radius 1 is 1.42 bits per heavy atom. The van der Waals surface area contributed by atoms with Gasteiger partial charge < -0.3 is 19.3 Å². The zero-order chi connectivity index (χ0) is 13.7. The molecule has 19 heavy (non-hydrogen) atoms. The topological polar surface area (TPSA) is 65.0 Å². The molecule has 1 saturated heterocycles. The Labute approximate surface area is 112 Å². The number of carboxylic acids is 1. The molecule has 0 aliphatic carbocycles. The van der Waals surface area contributed by atoms with Gasteiger partial charge in [-0.05, 0) is 25.0 Å². The van der Waals surface area contributed by atoms with E-state index in [1.807, 2.05) is 12.1 Å². The Kier molecular flexibility index (Phi) is 4.27. The quantitative estimate of drug-likeness (QED) is 0.852. The number of methoxy groups -OCH3 is 1. The number of carboxylic acid groups (broad SMARTS) is 1. The minimum atomic E-state index is -0.811. The molecule has 104 valence electrons. The van der Waals surface area contributed by atoms with E-state index in [1.165, 1.54) is 0 Å². The molecule has 1 atom stereocenters. The monoisotopic (exact) mass is 266 g/mol. The second-order valence-electron chi connectivity index (χ2n) is 4.64. The Hall–Kier alpha value is -1.75. The number of para-hydroxylation sites is 2. The first-order chi connectivity index (χ1) is 9.18. The van der Waals surface area contributed by atoms with Crippen LogP contribution in [0, 0.1) is 5.41 Å². The van der Waals surface area contributed by atoms with Crippen molar-refractivity contribution in [1.29, 1.82) is 0 Å². The van der Waals surface area contributed by atoms with Crippen LogP contribution in [-0.2, 0) is 9.53 Å². The molecule has 5 heteroatoms. The van der Waals surface area contributed by atoms with Crippen LogP contribution in [0.2, 0.25) is 0 Å². The van der Waals surface area contributed by atoms with E-state index in [4.69, 9.17) is 14.2 Å². The third-order valence-corrected chi connectivity index (χ3v) is 3.46. The van der Waals surface area contributed by atoms with E-state index < -0.39 is 11.4 Å². The van der Waals surface area contributed by atoms with E-state index in [2.05, 4.69) is 0 Å². The van der Waals surface area contributed by atoms with Crippen molar-refractivity contribution in [2.75, 3.05) is 26.9 Å². The second-order valence-corrected chi connectivity index (χ2v) is 4.64. The molecular formula is C14H18O5. The highest BCUT2D eigenvalue weighted by Crippen LogP contribution is 2.33. The number of aliphatic carboxylic acids is 1. The molecule has 1 aliphatic rings. The summed E-state index contributed by atoms with van der Waals surface area (Å²) < 4.78 is 16.0. The number of rotatable bonds is 6. The van der Waals surface area contributed by atoms with Crippen LogP contribution >= 0.6 is 0 Å². The maximum atomic E-state index is 11.3. The average Bonchev–Trinajstić information content (AvgIpc) is 2.89. The molecule has 1 aliphatic heterocycles. The van der Waals surface area contributed by atoms with Gasteiger partial charge in [0.05, 0.1) is 25.7 Å². The summed E-state index contributed by atoms with van der Waals surface area (Å²) in [7, 11) is 1.58. The van der Waals surface area contributed by atoms with Crippen molar-refractivity contribution in [3.63, 3.8) is 0 Å². The van der Waals surface area contributed by atoms with Crippen molar-refractivity contribution in [2.45, 2.75) is 12.8 Å². The lowest BCUT2D eigenvalue weighted by Gasteiger charge is -2.22. The largest absolute Gasteiger partial charge is 0.493 e. The molecule has 1 heterocycles. The summed E-state index contributed by atoms with van der Waals surface area (Å²) in [6, 6.07) is 7.32. The first kappa shape index (κ1) is 13.7. The molecule has 0 aromatic heterocycles. The van der Waals surface area contributed by atoms with Gasteiger partial charge in [0.25, 0.3) is 0 Å². The van der Waals surface area contributed by atoms with Crippen molar-refractivity contribution < 1.29 is 24.1 Å². The van der Waals surface area contributed by atoms with E-state index >= 15 is 0 Å². The first-order valence-electron chi connectivity index (χ1n) is 6.25. The Morgan fingerprint density at radius 2 is 2.16 bits per heavy atom. The molecule has 2 rings (SSSR count). The minimum Gasteiger partial charge on any atom is -0.493 e. The molecule has 5 nitrogen and oxygen atoms in total. The second kappa shape index (κ2) is 5.93. The van der Waals surface area contributed by atoms with Crippen molar-refractivity contribution in [3.05, 3.63) is 24.3 Å². The van der Waals surface area contributed by atoms with Crippen molar-refractivity contribution in [2.24, 2.45) is 5.41 Å². The molecule has 1 N–H and O–H groups in total. The van der Waals surface area contributed by atoms with E-state index in [0.29, 0.717) is 37.6 Å². The Bertz CT molecular complexity index is 437. The summed E-state index contributed by atoms with van der Waals surface area (Å²) >= 11 is 0. The lowest BCUT2D eigenvalue weighted by Crippen LogP contribution is -2.33. The summed E-state index contributed by atoms with van der Waals surface area (Å²) in [6.07, 6.45) is 0.970. The molecule has 0 bridgehead atoms. The fourth-order valence-electron chi connectivity index (χ4n) is 2.17. The SMILES string of the molecule is COc1ccccc1OCCC1(C(=O)O)CCOC1. The van der Waals surface area contributed by atoms with Gasteiger partial charge >= 0.3 is 5.97 Å². The summed E-state index contributed by atoms with van der Waals surface area (Å²) in [4.78, 5) is 11.3. The number of ether oxygens (including phenoxy) is 3. The Balaban J connectivity index is 1.94. The molecule has 1 unspecified atom stereocenters. The van der Waals surface area contributed by atoms with Crippen LogP contribution in [0.3, 0.4) is 0 Å². The van der Waals surface area contributed by atoms with Gasteiger partial charge in [0, 0.05) is 6.61 Å². The Morgan fingerprint density at radius 3 is 2.74 bits per heavy atom. The van der Waals surface area contributed by atoms with Crippen LogP contribution in [0.25, 0.3) is 0 Å². The number of carbonyl (C=O) groups is 1. The zero-order valence-corrected chi connectivity index (χ0v) is 10.9. The van der Waals surface area contributed by atoms with E-state index in [1.54, 1.807) is 19.2 Å². The highest BCUT2D eigenvalue weighted by atomic mass is 16.5. The molecule has 1 aromatic rings. The number of hydrogen-bond acceptors (Lipinski definition) is 4. The molecule has 0 amide bonds. The lowest BCUT2D eigenvalue weighted by atomic mass is 9.84. The minimum absolute atomic E-state index is 0.262. The lowest BCUT2D eigenvalue weighted by molar-refractivity contribution is -0.149. The normalized spacial score (nSPS) is 22.2. The number of benzene rings is 1. The summed E-state index contributed by atoms with van der Waals surface area (Å²) in [5, 5.41) is 9.30. The summed E-state index contributed by atoms with van der Waals surface area (Å²) in [6.45, 7) is 1.09. The van der Waals surface area contributed by atoms with E-state index in [-0.39, 0.29) is 6.61 Å². The van der Waals surface area contributed by atoms with Crippen LogP contribution in [0.15, 0.2) is 24.3 Å². The van der Waals surface area contributed by atoms with E-state index in [0.717, 1.165) is 0 Å². The fourth-order valence-corrected chi connectivity index (χ4v) is 2.17. The highest BCUT2D eigenvalue weighted by molar-refractivity contribution is 5.75. The predicted molar refractivity (Wildman–Crippen MR) is 68.6 cm³/mol. The van der Waals surface area contributed by atoms with Crippen LogP contribution in [-0.4, -0.2) is 38.0 Å². The first-order valence-corrected chi connectivity index (χ1v) is 6.25.